The number of rotatable bonds is 3. The fourth-order valence-electron chi connectivity index (χ4n) is 4.03. The lowest BCUT2D eigenvalue weighted by Crippen LogP contribution is -2.47. The molecule has 2 fully saturated rings. The highest BCUT2D eigenvalue weighted by molar-refractivity contribution is 5.81. The summed E-state index contributed by atoms with van der Waals surface area (Å²) in [6.07, 6.45) is 0. The third-order valence-electron chi connectivity index (χ3n) is 5.43. The number of hydrogen-bond acceptors (Lipinski definition) is 3. The predicted octanol–water partition coefficient (Wildman–Crippen LogP) is 2.73. The van der Waals surface area contributed by atoms with Gasteiger partial charge < -0.3 is 15.0 Å². The first-order chi connectivity index (χ1) is 12.7. The van der Waals surface area contributed by atoms with Crippen molar-refractivity contribution in [1.82, 2.24) is 10.2 Å². The summed E-state index contributed by atoms with van der Waals surface area (Å²) >= 11 is 0. The van der Waals surface area contributed by atoms with Gasteiger partial charge in [-0.3, -0.25) is 4.79 Å². The molecule has 4 nitrogen and oxygen atoms in total. The van der Waals surface area contributed by atoms with Crippen LogP contribution in [0.5, 0.6) is 0 Å². The zero-order valence-corrected chi connectivity index (χ0v) is 14.6. The van der Waals surface area contributed by atoms with Crippen molar-refractivity contribution in [3.8, 4) is 0 Å². The fourth-order valence-corrected chi connectivity index (χ4v) is 4.03. The van der Waals surface area contributed by atoms with Crippen LogP contribution in [0.2, 0.25) is 0 Å². The minimum Gasteiger partial charge on any atom is -0.377 e. The third-order valence-corrected chi connectivity index (χ3v) is 5.43. The molecule has 2 aromatic carbocycles. The van der Waals surface area contributed by atoms with Crippen LogP contribution in [0.3, 0.4) is 0 Å². The Hall–Kier alpha value is -2.24. The predicted molar refractivity (Wildman–Crippen MR) is 97.2 cm³/mol. The normalized spacial score (nSPS) is 26.0. The second kappa shape index (κ2) is 7.56. The van der Waals surface area contributed by atoms with Crippen molar-refractivity contribution >= 4 is 5.91 Å². The quantitative estimate of drug-likeness (QED) is 0.922. The number of halogens is 1. The van der Waals surface area contributed by atoms with Crippen molar-refractivity contribution in [2.24, 2.45) is 5.92 Å². The van der Waals surface area contributed by atoms with Gasteiger partial charge in [-0.1, -0.05) is 42.5 Å². The van der Waals surface area contributed by atoms with Crippen LogP contribution in [-0.2, 0) is 9.53 Å². The minimum absolute atomic E-state index is 0.0492. The monoisotopic (exact) mass is 354 g/mol. The number of morpholine rings is 1. The van der Waals surface area contributed by atoms with E-state index in [1.54, 1.807) is 12.1 Å². The van der Waals surface area contributed by atoms with E-state index in [1.165, 1.54) is 12.1 Å². The lowest BCUT2D eigenvalue weighted by Gasteiger charge is -2.38. The molecule has 0 saturated carbocycles. The number of carbonyl (C=O) groups is 1. The Morgan fingerprint density at radius 1 is 1.04 bits per heavy atom. The SMILES string of the molecule is O=C([C@@H]1CNC[C@H]1c1ccc(F)cc1)N1CCOC[C@@H]1c1ccccc1. The van der Waals surface area contributed by atoms with E-state index in [2.05, 4.69) is 5.32 Å². The molecular formula is C21H23FN2O2. The van der Waals surface area contributed by atoms with Crippen molar-refractivity contribution in [1.29, 1.82) is 0 Å². The third kappa shape index (κ3) is 3.37. The molecule has 0 unspecified atom stereocenters. The largest absolute Gasteiger partial charge is 0.377 e. The van der Waals surface area contributed by atoms with Crippen molar-refractivity contribution in [3.05, 3.63) is 71.5 Å². The zero-order chi connectivity index (χ0) is 17.9. The summed E-state index contributed by atoms with van der Waals surface area (Å²) < 4.78 is 18.9. The zero-order valence-electron chi connectivity index (χ0n) is 14.6. The highest BCUT2D eigenvalue weighted by Gasteiger charge is 2.39. The van der Waals surface area contributed by atoms with Gasteiger partial charge in [0.15, 0.2) is 0 Å². The van der Waals surface area contributed by atoms with Crippen molar-refractivity contribution in [3.63, 3.8) is 0 Å². The van der Waals surface area contributed by atoms with Gasteiger partial charge in [-0.05, 0) is 23.3 Å². The van der Waals surface area contributed by atoms with E-state index in [4.69, 9.17) is 4.74 Å². The standard InChI is InChI=1S/C21H23FN2O2/c22-17-8-6-15(7-9-17)18-12-23-13-19(18)21(25)24-10-11-26-14-20(24)16-4-2-1-3-5-16/h1-9,18-20,23H,10-14H2/t18-,19+,20+/m0/s1. The van der Waals surface area contributed by atoms with Gasteiger partial charge in [0.1, 0.15) is 5.82 Å². The van der Waals surface area contributed by atoms with Gasteiger partial charge in [0, 0.05) is 25.6 Å². The molecule has 5 heteroatoms. The van der Waals surface area contributed by atoms with Crippen LogP contribution in [0.1, 0.15) is 23.1 Å². The van der Waals surface area contributed by atoms with Gasteiger partial charge in [-0.2, -0.15) is 0 Å². The molecule has 1 amide bonds. The molecule has 2 saturated heterocycles. The Balaban J connectivity index is 1.57. The van der Waals surface area contributed by atoms with Gasteiger partial charge in [-0.25, -0.2) is 4.39 Å². The first-order valence-corrected chi connectivity index (χ1v) is 9.13. The maximum atomic E-state index is 13.4. The Bertz CT molecular complexity index is 750. The second-order valence-electron chi connectivity index (χ2n) is 6.96. The van der Waals surface area contributed by atoms with Crippen LogP contribution in [0, 0.1) is 11.7 Å². The van der Waals surface area contributed by atoms with E-state index >= 15 is 0 Å². The highest BCUT2D eigenvalue weighted by atomic mass is 19.1. The number of nitrogens with zero attached hydrogens (tertiary/aromatic N) is 1. The number of benzene rings is 2. The first-order valence-electron chi connectivity index (χ1n) is 9.13. The Labute approximate surface area is 153 Å². The van der Waals surface area contributed by atoms with E-state index in [9.17, 15) is 9.18 Å². The molecule has 3 atom stereocenters. The average Bonchev–Trinajstić information content (AvgIpc) is 3.18. The molecule has 0 spiro atoms. The molecule has 0 aromatic heterocycles. The van der Waals surface area contributed by atoms with Gasteiger partial charge in [0.2, 0.25) is 5.91 Å². The molecule has 0 aliphatic carbocycles. The molecule has 1 N–H and O–H groups in total. The van der Waals surface area contributed by atoms with Gasteiger partial charge in [-0.15, -0.1) is 0 Å². The molecule has 2 heterocycles. The smallest absolute Gasteiger partial charge is 0.228 e. The molecule has 2 aliphatic rings. The molecule has 0 radical (unpaired) electrons. The van der Waals surface area contributed by atoms with Crippen molar-refractivity contribution < 1.29 is 13.9 Å². The first kappa shape index (κ1) is 17.2. The van der Waals surface area contributed by atoms with Crippen LogP contribution in [0.25, 0.3) is 0 Å². The van der Waals surface area contributed by atoms with Crippen LogP contribution >= 0.6 is 0 Å². The average molecular weight is 354 g/mol. The van der Waals surface area contributed by atoms with Crippen LogP contribution in [0.4, 0.5) is 4.39 Å². The molecule has 0 bridgehead atoms. The van der Waals surface area contributed by atoms with E-state index in [0.29, 0.717) is 26.3 Å². The molecule has 2 aromatic rings. The Morgan fingerprint density at radius 3 is 2.58 bits per heavy atom. The summed E-state index contributed by atoms with van der Waals surface area (Å²) in [6, 6.07) is 16.5. The summed E-state index contributed by atoms with van der Waals surface area (Å²) in [5.74, 6) is -0.159. The second-order valence-corrected chi connectivity index (χ2v) is 6.96. The molecule has 4 rings (SSSR count). The van der Waals surface area contributed by atoms with Crippen LogP contribution in [0.15, 0.2) is 54.6 Å². The fraction of sp³-hybridized carbons (Fsp3) is 0.381. The number of nitrogens with one attached hydrogen (secondary N) is 1. The maximum Gasteiger partial charge on any atom is 0.228 e. The van der Waals surface area contributed by atoms with E-state index in [-0.39, 0.29) is 29.6 Å². The lowest BCUT2D eigenvalue weighted by molar-refractivity contribution is -0.144. The summed E-state index contributed by atoms with van der Waals surface area (Å²) in [4.78, 5) is 15.4. The number of ether oxygens (including phenoxy) is 1. The highest BCUT2D eigenvalue weighted by Crippen LogP contribution is 2.33. The lowest BCUT2D eigenvalue weighted by atomic mass is 9.87. The number of carbonyl (C=O) groups excluding carboxylic acids is 1. The maximum absolute atomic E-state index is 13.4. The molecule has 2 aliphatic heterocycles. The van der Waals surface area contributed by atoms with Crippen molar-refractivity contribution in [2.75, 3.05) is 32.8 Å². The van der Waals surface area contributed by atoms with E-state index < -0.39 is 0 Å². The Kier molecular flexibility index (Phi) is 5.00. The molecule has 136 valence electrons. The number of hydrogen-bond donors (Lipinski definition) is 1. The van der Waals surface area contributed by atoms with Gasteiger partial charge in [0.05, 0.1) is 25.2 Å². The molecule has 26 heavy (non-hydrogen) atoms. The van der Waals surface area contributed by atoms with Crippen LogP contribution in [-0.4, -0.2) is 43.7 Å². The summed E-state index contributed by atoms with van der Waals surface area (Å²) in [6.45, 7) is 3.08. The van der Waals surface area contributed by atoms with E-state index in [1.807, 2.05) is 35.2 Å². The topological polar surface area (TPSA) is 41.6 Å². The molecular weight excluding hydrogens is 331 g/mol. The van der Waals surface area contributed by atoms with Crippen LogP contribution < -0.4 is 5.32 Å². The minimum atomic E-state index is -0.250. The summed E-state index contributed by atoms with van der Waals surface area (Å²) in [7, 11) is 0. The summed E-state index contributed by atoms with van der Waals surface area (Å²) in [5, 5.41) is 3.34. The van der Waals surface area contributed by atoms with Gasteiger partial charge in [0.25, 0.3) is 0 Å². The summed E-state index contributed by atoms with van der Waals surface area (Å²) in [5.41, 5.74) is 2.11. The van der Waals surface area contributed by atoms with Crippen molar-refractivity contribution in [2.45, 2.75) is 12.0 Å². The number of amides is 1. The Morgan fingerprint density at radius 2 is 1.81 bits per heavy atom. The van der Waals surface area contributed by atoms with E-state index in [0.717, 1.165) is 17.7 Å². The van der Waals surface area contributed by atoms with Gasteiger partial charge >= 0.3 is 0 Å².